The van der Waals surface area contributed by atoms with Gasteiger partial charge in [0.2, 0.25) is 12.7 Å². The fraction of sp³-hybridized carbons (Fsp3) is 0.500. The molecule has 2 aliphatic heterocycles. The van der Waals surface area contributed by atoms with Gasteiger partial charge in [0, 0.05) is 24.0 Å². The van der Waals surface area contributed by atoms with Crippen LogP contribution < -0.4 is 9.47 Å². The minimum absolute atomic E-state index is 0.230. The number of pyridine rings is 1. The number of benzene rings is 1. The van der Waals surface area contributed by atoms with Gasteiger partial charge in [0.25, 0.3) is 0 Å². The minimum Gasteiger partial charge on any atom is -0.454 e. The normalized spacial score (nSPS) is 19.2. The highest BCUT2D eigenvalue weighted by molar-refractivity contribution is 7.99. The highest BCUT2D eigenvalue weighted by atomic mass is 32.2. The van der Waals surface area contributed by atoms with Gasteiger partial charge >= 0.3 is 0 Å². The number of fused-ring (bicyclic) bond motifs is 2. The van der Waals surface area contributed by atoms with Gasteiger partial charge in [0.15, 0.2) is 11.5 Å². The van der Waals surface area contributed by atoms with Crippen molar-refractivity contribution in [3.63, 3.8) is 0 Å². The van der Waals surface area contributed by atoms with E-state index in [2.05, 4.69) is 17.9 Å². The maximum atomic E-state index is 12.7. The van der Waals surface area contributed by atoms with Crippen LogP contribution in [0.25, 0.3) is 10.9 Å². The lowest BCUT2D eigenvalue weighted by Crippen LogP contribution is -2.44. The second kappa shape index (κ2) is 7.35. The van der Waals surface area contributed by atoms with Crippen LogP contribution in [0.15, 0.2) is 23.2 Å². The minimum atomic E-state index is 0.230. The van der Waals surface area contributed by atoms with Crippen LogP contribution in [0.1, 0.15) is 38.2 Å². The van der Waals surface area contributed by atoms with Gasteiger partial charge in [-0.1, -0.05) is 18.7 Å². The van der Waals surface area contributed by atoms with Crippen LogP contribution in [0.4, 0.5) is 0 Å². The van der Waals surface area contributed by atoms with Gasteiger partial charge in [-0.3, -0.25) is 4.79 Å². The average Bonchev–Trinajstić information content (AvgIpc) is 3.11. The van der Waals surface area contributed by atoms with Crippen LogP contribution in [0.5, 0.6) is 11.5 Å². The number of amides is 1. The molecule has 1 fully saturated rings. The average molecular weight is 372 g/mol. The molecule has 0 N–H and O–H groups in total. The lowest BCUT2D eigenvalue weighted by molar-refractivity contribution is -0.132. The molecule has 3 heterocycles. The Labute approximate surface area is 158 Å². The van der Waals surface area contributed by atoms with Crippen LogP contribution in [-0.2, 0) is 4.79 Å². The van der Waals surface area contributed by atoms with Crippen LogP contribution >= 0.6 is 11.8 Å². The summed E-state index contributed by atoms with van der Waals surface area (Å²) >= 11 is 1.54. The summed E-state index contributed by atoms with van der Waals surface area (Å²) in [6, 6.07) is 6.40. The Kier molecular flexibility index (Phi) is 4.94. The van der Waals surface area contributed by atoms with Gasteiger partial charge in [-0.15, -0.1) is 0 Å². The third kappa shape index (κ3) is 3.34. The molecular formula is C20H24N2O3S. The van der Waals surface area contributed by atoms with E-state index >= 15 is 0 Å². The standard InChI is InChI=1S/C20H24N2O3S/c1-3-15-6-4-5-7-22(15)19(23)11-26-20-13(2)8-14-9-17-18(25-12-24-17)10-16(14)21-20/h8-10,15H,3-7,11-12H2,1-2H3/t15-/m1/s1. The SMILES string of the molecule is CC[C@@H]1CCCCN1C(=O)CSc1nc2cc3c(cc2cc1C)OCO3. The molecule has 26 heavy (non-hydrogen) atoms. The number of rotatable bonds is 4. The highest BCUT2D eigenvalue weighted by Gasteiger charge is 2.25. The molecule has 0 unspecified atom stereocenters. The molecule has 6 heteroatoms. The number of aromatic nitrogens is 1. The number of ether oxygens (including phenoxy) is 2. The number of carbonyl (C=O) groups is 1. The van der Waals surface area contributed by atoms with Gasteiger partial charge in [-0.25, -0.2) is 4.98 Å². The Morgan fingerprint density at radius 2 is 2.08 bits per heavy atom. The Balaban J connectivity index is 1.50. The van der Waals surface area contributed by atoms with Crippen LogP contribution in [-0.4, -0.2) is 40.9 Å². The molecule has 138 valence electrons. The summed E-state index contributed by atoms with van der Waals surface area (Å²) in [5.41, 5.74) is 1.96. The largest absolute Gasteiger partial charge is 0.454 e. The predicted octanol–water partition coefficient (Wildman–Crippen LogP) is 4.16. The first kappa shape index (κ1) is 17.5. The third-order valence-corrected chi connectivity index (χ3v) is 6.28. The van der Waals surface area contributed by atoms with E-state index in [0.29, 0.717) is 11.8 Å². The van der Waals surface area contributed by atoms with E-state index in [4.69, 9.17) is 14.5 Å². The van der Waals surface area contributed by atoms with Crippen LogP contribution in [0, 0.1) is 6.92 Å². The molecule has 1 atom stereocenters. The monoisotopic (exact) mass is 372 g/mol. The summed E-state index contributed by atoms with van der Waals surface area (Å²) in [4.78, 5) is 19.5. The number of likely N-dealkylation sites (tertiary alicyclic amines) is 1. The molecule has 0 saturated carbocycles. The van der Waals surface area contributed by atoms with Gasteiger partial charge in [-0.2, -0.15) is 0 Å². The molecule has 4 rings (SSSR count). The van der Waals surface area contributed by atoms with Crippen LogP contribution in [0.3, 0.4) is 0 Å². The maximum absolute atomic E-state index is 12.7. The van der Waals surface area contributed by atoms with Crippen molar-refractivity contribution in [2.24, 2.45) is 0 Å². The molecule has 0 bridgehead atoms. The molecule has 0 radical (unpaired) electrons. The zero-order chi connectivity index (χ0) is 18.1. The Hall–Kier alpha value is -1.95. The summed E-state index contributed by atoms with van der Waals surface area (Å²) in [6.07, 6.45) is 4.52. The first-order valence-corrected chi connectivity index (χ1v) is 10.3. The fourth-order valence-corrected chi connectivity index (χ4v) is 4.64. The van der Waals surface area contributed by atoms with E-state index in [1.807, 2.05) is 19.1 Å². The zero-order valence-electron chi connectivity index (χ0n) is 15.3. The molecule has 0 spiro atoms. The number of hydrogen-bond acceptors (Lipinski definition) is 5. The van der Waals surface area contributed by atoms with Crippen molar-refractivity contribution >= 4 is 28.6 Å². The lowest BCUT2D eigenvalue weighted by atomic mass is 10.0. The molecule has 2 aromatic rings. The smallest absolute Gasteiger partial charge is 0.233 e. The van der Waals surface area contributed by atoms with Crippen molar-refractivity contribution in [2.75, 3.05) is 19.1 Å². The summed E-state index contributed by atoms with van der Waals surface area (Å²) in [6.45, 7) is 5.36. The molecule has 1 aromatic heterocycles. The van der Waals surface area contributed by atoms with Crippen molar-refractivity contribution in [1.29, 1.82) is 0 Å². The summed E-state index contributed by atoms with van der Waals surface area (Å²) < 4.78 is 10.9. The van der Waals surface area contributed by atoms with Crippen molar-refractivity contribution in [1.82, 2.24) is 9.88 Å². The van der Waals surface area contributed by atoms with E-state index in [1.54, 1.807) is 0 Å². The topological polar surface area (TPSA) is 51.7 Å². The number of carbonyl (C=O) groups excluding carboxylic acids is 1. The van der Waals surface area contributed by atoms with Crippen molar-refractivity contribution in [2.45, 2.75) is 50.6 Å². The number of thioether (sulfide) groups is 1. The van der Waals surface area contributed by atoms with Gasteiger partial charge in [-0.05, 0) is 50.3 Å². The molecular weight excluding hydrogens is 348 g/mol. The summed E-state index contributed by atoms with van der Waals surface area (Å²) in [5.74, 6) is 2.18. The first-order chi connectivity index (χ1) is 12.7. The summed E-state index contributed by atoms with van der Waals surface area (Å²) in [5, 5.41) is 1.94. The molecule has 0 aliphatic carbocycles. The van der Waals surface area contributed by atoms with E-state index in [-0.39, 0.29) is 12.7 Å². The molecule has 5 nitrogen and oxygen atoms in total. The third-order valence-electron chi connectivity index (χ3n) is 5.20. The molecule has 1 aromatic carbocycles. The Bertz CT molecular complexity index is 839. The predicted molar refractivity (Wildman–Crippen MR) is 103 cm³/mol. The van der Waals surface area contributed by atoms with E-state index < -0.39 is 0 Å². The quantitative estimate of drug-likeness (QED) is 0.755. The molecule has 1 amide bonds. The lowest BCUT2D eigenvalue weighted by Gasteiger charge is -2.35. The first-order valence-electron chi connectivity index (χ1n) is 9.29. The second-order valence-electron chi connectivity index (χ2n) is 6.94. The van der Waals surface area contributed by atoms with E-state index in [0.717, 1.165) is 58.8 Å². The molecule has 1 saturated heterocycles. The second-order valence-corrected chi connectivity index (χ2v) is 7.91. The zero-order valence-corrected chi connectivity index (χ0v) is 16.1. The molecule has 2 aliphatic rings. The highest BCUT2D eigenvalue weighted by Crippen LogP contribution is 2.37. The number of nitrogens with zero attached hydrogens (tertiary/aromatic N) is 2. The van der Waals surface area contributed by atoms with Gasteiger partial charge < -0.3 is 14.4 Å². The fourth-order valence-electron chi connectivity index (χ4n) is 3.76. The van der Waals surface area contributed by atoms with Crippen molar-refractivity contribution < 1.29 is 14.3 Å². The van der Waals surface area contributed by atoms with Crippen molar-refractivity contribution in [3.05, 3.63) is 23.8 Å². The van der Waals surface area contributed by atoms with Crippen molar-refractivity contribution in [3.8, 4) is 11.5 Å². The number of aryl methyl sites for hydroxylation is 1. The summed E-state index contributed by atoms with van der Waals surface area (Å²) in [7, 11) is 0. The van der Waals surface area contributed by atoms with Gasteiger partial charge in [0.05, 0.1) is 11.3 Å². The Morgan fingerprint density at radius 3 is 2.88 bits per heavy atom. The Morgan fingerprint density at radius 1 is 1.27 bits per heavy atom. The van der Waals surface area contributed by atoms with E-state index in [9.17, 15) is 4.79 Å². The number of hydrogen-bond donors (Lipinski definition) is 0. The van der Waals surface area contributed by atoms with Gasteiger partial charge in [0.1, 0.15) is 5.03 Å². The number of piperidine rings is 1. The maximum Gasteiger partial charge on any atom is 0.233 e. The van der Waals surface area contributed by atoms with Crippen LogP contribution in [0.2, 0.25) is 0 Å². The van der Waals surface area contributed by atoms with E-state index in [1.165, 1.54) is 18.2 Å².